The molecule has 0 radical (unpaired) electrons. The first kappa shape index (κ1) is 16.7. The number of rotatable bonds is 4. The molecule has 1 aromatic rings. The average molecular weight is 309 g/mol. The molecule has 0 spiro atoms. The predicted octanol–water partition coefficient (Wildman–Crippen LogP) is 6.36. The van der Waals surface area contributed by atoms with Crippen molar-refractivity contribution in [3.05, 3.63) is 34.4 Å². The first-order chi connectivity index (χ1) is 8.60. The second-order valence-electron chi connectivity index (χ2n) is 6.36. The molecule has 0 nitrogen and oxygen atoms in total. The second kappa shape index (κ2) is 6.41. The summed E-state index contributed by atoms with van der Waals surface area (Å²) >= 11 is 12.2. The minimum absolute atomic E-state index is 0.182. The topological polar surface area (TPSA) is 0 Å². The van der Waals surface area contributed by atoms with Gasteiger partial charge in [0.15, 0.2) is 11.6 Å². The molecule has 108 valence electrons. The van der Waals surface area contributed by atoms with Crippen LogP contribution in [0.3, 0.4) is 0 Å². The fraction of sp³-hybridized carbons (Fsp3) is 0.600. The third-order valence-corrected chi connectivity index (χ3v) is 3.69. The van der Waals surface area contributed by atoms with E-state index in [2.05, 4.69) is 27.7 Å². The van der Waals surface area contributed by atoms with Crippen LogP contribution in [0.4, 0.5) is 8.78 Å². The summed E-state index contributed by atoms with van der Waals surface area (Å²) in [6.45, 7) is 8.60. The lowest BCUT2D eigenvalue weighted by molar-refractivity contribution is 0.295. The molecule has 0 bridgehead atoms. The third-order valence-electron chi connectivity index (χ3n) is 2.95. The molecule has 1 rings (SSSR count). The largest absolute Gasteiger partial charge is 0.204 e. The van der Waals surface area contributed by atoms with Gasteiger partial charge >= 0.3 is 0 Å². The van der Waals surface area contributed by atoms with Crippen LogP contribution < -0.4 is 0 Å². The van der Waals surface area contributed by atoms with Crippen molar-refractivity contribution in [1.82, 2.24) is 0 Å². The van der Waals surface area contributed by atoms with Gasteiger partial charge in [-0.05, 0) is 41.9 Å². The lowest BCUT2D eigenvalue weighted by atomic mass is 9.83. The molecule has 0 heterocycles. The summed E-state index contributed by atoms with van der Waals surface area (Å²) in [6, 6.07) is 2.08. The molecular formula is C15H20Cl2F2. The van der Waals surface area contributed by atoms with Gasteiger partial charge in [0.25, 0.3) is 0 Å². The van der Waals surface area contributed by atoms with Gasteiger partial charge in [-0.1, -0.05) is 39.3 Å². The summed E-state index contributed by atoms with van der Waals surface area (Å²) in [5, 5.41) is -0.221. The van der Waals surface area contributed by atoms with E-state index in [0.717, 1.165) is 18.6 Å². The van der Waals surface area contributed by atoms with E-state index in [0.29, 0.717) is 17.9 Å². The Hall–Kier alpha value is -0.340. The Bertz CT molecular complexity index is 439. The van der Waals surface area contributed by atoms with Gasteiger partial charge in [-0.25, -0.2) is 8.78 Å². The van der Waals surface area contributed by atoms with E-state index >= 15 is 0 Å². The zero-order valence-corrected chi connectivity index (χ0v) is 13.2. The molecule has 0 aromatic heterocycles. The lowest BCUT2D eigenvalue weighted by Crippen LogP contribution is -2.12. The van der Waals surface area contributed by atoms with Crippen molar-refractivity contribution in [2.24, 2.45) is 11.3 Å². The molecule has 0 saturated carbocycles. The van der Waals surface area contributed by atoms with Gasteiger partial charge in [-0.2, -0.15) is 0 Å². The number of hydrogen-bond acceptors (Lipinski definition) is 0. The van der Waals surface area contributed by atoms with Gasteiger partial charge < -0.3 is 0 Å². The summed E-state index contributed by atoms with van der Waals surface area (Å²) in [6.07, 6.45) is 1.70. The van der Waals surface area contributed by atoms with Gasteiger partial charge in [-0.15, -0.1) is 11.6 Å². The highest BCUT2D eigenvalue weighted by molar-refractivity contribution is 6.32. The van der Waals surface area contributed by atoms with Gasteiger partial charge in [0.1, 0.15) is 0 Å². The summed E-state index contributed by atoms with van der Waals surface area (Å²) < 4.78 is 26.2. The van der Waals surface area contributed by atoms with Crippen molar-refractivity contribution in [3.8, 4) is 0 Å². The van der Waals surface area contributed by atoms with Crippen molar-refractivity contribution in [2.45, 2.75) is 45.9 Å². The van der Waals surface area contributed by atoms with E-state index in [1.807, 2.05) is 0 Å². The zero-order chi connectivity index (χ0) is 14.8. The van der Waals surface area contributed by atoms with E-state index in [9.17, 15) is 8.78 Å². The van der Waals surface area contributed by atoms with Crippen molar-refractivity contribution < 1.29 is 8.78 Å². The highest BCUT2D eigenvalue weighted by Gasteiger charge is 2.21. The molecule has 4 heteroatoms. The van der Waals surface area contributed by atoms with E-state index in [1.54, 1.807) is 0 Å². The predicted molar refractivity (Wildman–Crippen MR) is 77.8 cm³/mol. The van der Waals surface area contributed by atoms with E-state index in [1.165, 1.54) is 0 Å². The van der Waals surface area contributed by atoms with Gasteiger partial charge in [0.05, 0.1) is 5.38 Å². The number of hydrogen-bond donors (Lipinski definition) is 0. The first-order valence-electron chi connectivity index (χ1n) is 6.38. The van der Waals surface area contributed by atoms with E-state index in [-0.39, 0.29) is 10.4 Å². The molecule has 19 heavy (non-hydrogen) atoms. The molecule has 0 aliphatic carbocycles. The fourth-order valence-corrected chi connectivity index (χ4v) is 3.21. The third kappa shape index (κ3) is 5.27. The van der Waals surface area contributed by atoms with Crippen LogP contribution in [0.5, 0.6) is 0 Å². The Morgan fingerprint density at radius 2 is 1.68 bits per heavy atom. The van der Waals surface area contributed by atoms with Crippen molar-refractivity contribution >= 4 is 23.2 Å². The summed E-state index contributed by atoms with van der Waals surface area (Å²) in [7, 11) is 0. The maximum atomic E-state index is 13.2. The highest BCUT2D eigenvalue weighted by Crippen LogP contribution is 2.37. The highest BCUT2D eigenvalue weighted by atomic mass is 35.5. The molecule has 1 aromatic carbocycles. The molecule has 0 N–H and O–H groups in total. The maximum absolute atomic E-state index is 13.2. The minimum atomic E-state index is -0.944. The second-order valence-corrected chi connectivity index (χ2v) is 7.30. The minimum Gasteiger partial charge on any atom is -0.204 e. The molecule has 0 fully saturated rings. The van der Waals surface area contributed by atoms with Crippen LogP contribution >= 0.6 is 23.2 Å². The molecule has 0 amide bonds. The van der Waals surface area contributed by atoms with Crippen molar-refractivity contribution in [1.29, 1.82) is 0 Å². The summed E-state index contributed by atoms with van der Waals surface area (Å²) in [5.74, 6) is -1.47. The van der Waals surface area contributed by atoms with Crippen LogP contribution in [-0.2, 0) is 0 Å². The standard InChI is InChI=1S/C15H20Cl2F2/c1-9(8-15(2,3)4)5-11(16)10-6-13(18)14(19)7-12(10)17/h6-7,9,11H,5,8H2,1-4H3. The van der Waals surface area contributed by atoms with Crippen molar-refractivity contribution in [2.75, 3.05) is 0 Å². The van der Waals surface area contributed by atoms with Crippen LogP contribution in [-0.4, -0.2) is 0 Å². The van der Waals surface area contributed by atoms with Crippen LogP contribution in [0.2, 0.25) is 5.02 Å². The van der Waals surface area contributed by atoms with Crippen LogP contribution in [0.1, 0.15) is 51.5 Å². The average Bonchev–Trinajstić information content (AvgIpc) is 2.20. The first-order valence-corrected chi connectivity index (χ1v) is 7.20. The van der Waals surface area contributed by atoms with Crippen LogP contribution in [0, 0.1) is 23.0 Å². The number of benzene rings is 1. The molecule has 0 aliphatic heterocycles. The maximum Gasteiger partial charge on any atom is 0.160 e. The molecule has 2 atom stereocenters. The molecule has 2 unspecified atom stereocenters. The Balaban J connectivity index is 2.78. The zero-order valence-electron chi connectivity index (χ0n) is 11.7. The van der Waals surface area contributed by atoms with Crippen LogP contribution in [0.15, 0.2) is 12.1 Å². The van der Waals surface area contributed by atoms with Crippen molar-refractivity contribution in [3.63, 3.8) is 0 Å². The molecular weight excluding hydrogens is 289 g/mol. The monoisotopic (exact) mass is 308 g/mol. The number of halogens is 4. The Morgan fingerprint density at radius 3 is 2.21 bits per heavy atom. The Kier molecular flexibility index (Phi) is 5.64. The molecule has 0 saturated heterocycles. The Labute approximate surface area is 124 Å². The quantitative estimate of drug-likeness (QED) is 0.448. The Morgan fingerprint density at radius 1 is 1.16 bits per heavy atom. The lowest BCUT2D eigenvalue weighted by Gasteiger charge is -2.25. The molecule has 0 aliphatic rings. The van der Waals surface area contributed by atoms with E-state index < -0.39 is 17.0 Å². The van der Waals surface area contributed by atoms with Gasteiger partial charge in [0.2, 0.25) is 0 Å². The van der Waals surface area contributed by atoms with Gasteiger partial charge in [-0.3, -0.25) is 0 Å². The number of alkyl halides is 1. The SMILES string of the molecule is CC(CC(Cl)c1cc(F)c(F)cc1Cl)CC(C)(C)C. The fourth-order valence-electron chi connectivity index (χ4n) is 2.39. The summed E-state index contributed by atoms with van der Waals surface area (Å²) in [5.41, 5.74) is 0.677. The summed E-state index contributed by atoms with van der Waals surface area (Å²) in [4.78, 5) is 0. The normalized spacial score (nSPS) is 15.4. The van der Waals surface area contributed by atoms with Gasteiger partial charge in [0, 0.05) is 5.02 Å². The van der Waals surface area contributed by atoms with E-state index in [4.69, 9.17) is 23.2 Å². The smallest absolute Gasteiger partial charge is 0.160 e. The van der Waals surface area contributed by atoms with Crippen LogP contribution in [0.25, 0.3) is 0 Å².